The monoisotopic (exact) mass is 1290 g/mol. The third-order valence-electron chi connectivity index (χ3n) is 18.4. The second-order valence-corrected chi connectivity index (χ2v) is 26.3. The van der Waals surface area contributed by atoms with E-state index in [-0.39, 0.29) is 101 Å². The molecule has 5 aliphatic rings. The number of likely N-dealkylation sites (tertiary alicyclic amines) is 1. The van der Waals surface area contributed by atoms with Crippen molar-refractivity contribution in [1.82, 2.24) is 50.2 Å². The number of rotatable bonds is 25. The van der Waals surface area contributed by atoms with Crippen molar-refractivity contribution in [2.45, 2.75) is 124 Å². The maximum absolute atomic E-state index is 15.4. The van der Waals surface area contributed by atoms with E-state index in [4.69, 9.17) is 56.6 Å². The number of hydrogen-bond acceptors (Lipinski definition) is 17. The molecule has 3 fully saturated rings. The van der Waals surface area contributed by atoms with E-state index in [0.717, 1.165) is 69.1 Å². The largest absolute Gasteiger partial charge is 0.497 e. The molecule has 6 aromatic rings. The normalized spacial score (nSPS) is 19.8. The van der Waals surface area contributed by atoms with Crippen LogP contribution in [0, 0.1) is 37.5 Å². The van der Waals surface area contributed by atoms with Gasteiger partial charge in [0.1, 0.15) is 53.0 Å². The smallest absolute Gasteiger partial charge is 0.312 e. The molecule has 3 aromatic carbocycles. The average Bonchev–Trinajstić information content (AvgIpc) is 1.38. The summed E-state index contributed by atoms with van der Waals surface area (Å²) in [6.45, 7) is 10.2. The molecule has 478 valence electrons. The molecule has 6 heterocycles. The van der Waals surface area contributed by atoms with Crippen LogP contribution in [0.2, 0.25) is 10.0 Å². The van der Waals surface area contributed by atoms with Gasteiger partial charge in [-0.25, -0.2) is 4.68 Å². The van der Waals surface area contributed by atoms with Gasteiger partial charge in [0.15, 0.2) is 5.82 Å². The second-order valence-electron chi connectivity index (χ2n) is 24.3. The summed E-state index contributed by atoms with van der Waals surface area (Å²) in [5.74, 6) is 1.22. The number of amides is 4. The Bertz CT molecular complexity index is 3710. The fourth-order valence-corrected chi connectivity index (χ4v) is 14.6. The molecule has 90 heavy (non-hydrogen) atoms. The number of nitrogens with zero attached hydrogens (tertiary/aromatic N) is 9. The van der Waals surface area contributed by atoms with Crippen molar-refractivity contribution >= 4 is 69.8 Å². The molecule has 2 saturated carbocycles. The van der Waals surface area contributed by atoms with E-state index >= 15 is 4.79 Å². The van der Waals surface area contributed by atoms with Crippen molar-refractivity contribution in [3.8, 4) is 22.2 Å². The highest BCUT2D eigenvalue weighted by Gasteiger charge is 2.54. The number of fused-ring (bicyclic) bond motifs is 4. The molecule has 0 radical (unpaired) electrons. The Kier molecular flexibility index (Phi) is 19.6. The Balaban J connectivity index is 0.668. The molecule has 11 rings (SSSR count). The number of ether oxygens (including phenoxy) is 6. The first-order valence-corrected chi connectivity index (χ1v) is 32.3. The number of carbonyl (C=O) groups excluding carboxylic acids is 5. The summed E-state index contributed by atoms with van der Waals surface area (Å²) < 4.78 is 39.1. The number of methoxy groups -OCH3 is 2. The predicted octanol–water partition coefficient (Wildman–Crippen LogP) is 8.80. The molecule has 3 aromatic heterocycles. The van der Waals surface area contributed by atoms with Crippen molar-refractivity contribution in [3.63, 3.8) is 0 Å². The minimum Gasteiger partial charge on any atom is -0.497 e. The van der Waals surface area contributed by atoms with Gasteiger partial charge in [-0.05, 0) is 113 Å². The van der Waals surface area contributed by atoms with Gasteiger partial charge in [0.2, 0.25) is 23.6 Å². The Morgan fingerprint density at radius 3 is 2.38 bits per heavy atom. The fraction of sp³-hybridized carbons (Fsp3) is 0.508. The summed E-state index contributed by atoms with van der Waals surface area (Å²) in [5, 5.41) is 25.5. The van der Waals surface area contributed by atoms with Crippen molar-refractivity contribution in [3.05, 3.63) is 126 Å². The lowest BCUT2D eigenvalue weighted by molar-refractivity contribution is -0.169. The van der Waals surface area contributed by atoms with E-state index < -0.39 is 29.4 Å². The molecule has 2 N–H and O–H groups in total. The summed E-state index contributed by atoms with van der Waals surface area (Å²) in [4.78, 5) is 79.9. The standard InChI is InChI=1S/C65H77Cl2N11O11S/c1-38-39(2)90-62-57(38)59(41-11-14-43(66)15-12-41)70-48(60-73-71-40(3)78(60)62)31-55(80)69-24-28-86-27-20-54(79)68-25-29-87-36-51-49(72-74-75(51)5)35-88-52-18-17-47(67)45-19-26-77(50(58(45)52)33-76-37-65(22-23-65)32-56(76)81)61(82)46-10-8-9-21-64(46,4)63(83)89-34-42-13-16-44(84-6)30-53(42)85-7/h11-18,30,46,48,50H,8-10,19-29,31-37H2,1-7H3,(H,68,79)(H,69,80)/t46-,48-,50+,64-/m0/s1. The summed E-state index contributed by atoms with van der Waals surface area (Å²) >= 11 is 14.9. The Morgan fingerprint density at radius 2 is 1.62 bits per heavy atom. The van der Waals surface area contributed by atoms with E-state index in [1.165, 1.54) is 0 Å². The summed E-state index contributed by atoms with van der Waals surface area (Å²) in [5.41, 5.74) is 6.01. The number of thiophene rings is 1. The number of aromatic nitrogens is 6. The van der Waals surface area contributed by atoms with Crippen LogP contribution in [0.5, 0.6) is 17.2 Å². The SMILES string of the molecule is COc1ccc(COC(=O)[C@@]2(C)CCCC[C@H]2C(=O)N2CCc3c(Cl)ccc(OCc4nnn(C)c4COCCNC(=O)CCOCCNC(=O)C[C@@H]4N=C(c5ccc(Cl)cc5)c5c(sc(C)c5C)-n5c(C)nnc54)c3[C@H]2CN2CC3(CC3)CC2=O)c(OC)c1. The Hall–Kier alpha value is -7.44. The third kappa shape index (κ3) is 13.6. The van der Waals surface area contributed by atoms with Crippen molar-refractivity contribution in [2.75, 3.05) is 66.8 Å². The van der Waals surface area contributed by atoms with Crippen LogP contribution in [0.15, 0.2) is 59.6 Å². The van der Waals surface area contributed by atoms with Gasteiger partial charge >= 0.3 is 5.97 Å². The number of carbonyl (C=O) groups is 5. The second kappa shape index (κ2) is 27.6. The molecule has 0 unspecified atom stereocenters. The molecule has 0 bridgehead atoms. The summed E-state index contributed by atoms with van der Waals surface area (Å²) in [6.07, 6.45) is 5.54. The number of halogens is 2. The fourth-order valence-electron chi connectivity index (χ4n) is 13.0. The van der Waals surface area contributed by atoms with Crippen LogP contribution in [0.25, 0.3) is 5.00 Å². The van der Waals surface area contributed by atoms with Gasteiger partial charge in [0.05, 0.1) is 75.8 Å². The van der Waals surface area contributed by atoms with Crippen molar-refractivity contribution < 1.29 is 52.4 Å². The number of hydrogen-bond donors (Lipinski definition) is 2. The molecular formula is C65H77Cl2N11O11S. The van der Waals surface area contributed by atoms with Crippen LogP contribution >= 0.6 is 34.5 Å². The highest BCUT2D eigenvalue weighted by Crippen LogP contribution is 2.54. The molecule has 2 aliphatic carbocycles. The highest BCUT2D eigenvalue weighted by atomic mass is 35.5. The summed E-state index contributed by atoms with van der Waals surface area (Å²) in [6, 6.07) is 15.2. The predicted molar refractivity (Wildman–Crippen MR) is 336 cm³/mol. The lowest BCUT2D eigenvalue weighted by Gasteiger charge is -2.45. The van der Waals surface area contributed by atoms with Crippen LogP contribution < -0.4 is 24.8 Å². The quantitative estimate of drug-likeness (QED) is 0.0402. The number of benzene rings is 3. The molecular weight excluding hydrogens is 1210 g/mol. The van der Waals surface area contributed by atoms with Gasteiger partial charge in [0, 0.05) is 95.9 Å². The third-order valence-corrected chi connectivity index (χ3v) is 20.2. The molecule has 25 heteroatoms. The minimum atomic E-state index is -1.12. The minimum absolute atomic E-state index is 0.000302. The summed E-state index contributed by atoms with van der Waals surface area (Å²) in [7, 11) is 4.88. The van der Waals surface area contributed by atoms with Crippen LogP contribution in [0.1, 0.15) is 138 Å². The van der Waals surface area contributed by atoms with E-state index in [9.17, 15) is 19.2 Å². The number of esters is 1. The molecule has 4 atom stereocenters. The van der Waals surface area contributed by atoms with Crippen molar-refractivity contribution in [2.24, 2.45) is 28.8 Å². The molecule has 4 amide bonds. The number of aliphatic imine (C=N–C) groups is 1. The lowest BCUT2D eigenvalue weighted by Crippen LogP contribution is -2.53. The number of aryl methyl sites for hydroxylation is 3. The zero-order valence-electron chi connectivity index (χ0n) is 52.0. The van der Waals surface area contributed by atoms with Crippen molar-refractivity contribution in [1.29, 1.82) is 0 Å². The first kappa shape index (κ1) is 64.1. The van der Waals surface area contributed by atoms with E-state index in [2.05, 4.69) is 45.0 Å². The van der Waals surface area contributed by atoms with Gasteiger partial charge in [-0.3, -0.25) is 33.5 Å². The van der Waals surface area contributed by atoms with Crippen LogP contribution in [-0.2, 0) is 71.5 Å². The average molecular weight is 1290 g/mol. The van der Waals surface area contributed by atoms with Crippen LogP contribution in [0.4, 0.5) is 0 Å². The molecule has 22 nitrogen and oxygen atoms in total. The zero-order chi connectivity index (χ0) is 63.4. The van der Waals surface area contributed by atoms with Crippen LogP contribution in [0.3, 0.4) is 0 Å². The highest BCUT2D eigenvalue weighted by molar-refractivity contribution is 7.15. The maximum atomic E-state index is 15.4. The zero-order valence-corrected chi connectivity index (χ0v) is 54.3. The van der Waals surface area contributed by atoms with Gasteiger partial charge in [-0.15, -0.1) is 26.6 Å². The van der Waals surface area contributed by atoms with E-state index in [0.29, 0.717) is 94.7 Å². The van der Waals surface area contributed by atoms with Gasteiger partial charge in [-0.2, -0.15) is 0 Å². The van der Waals surface area contributed by atoms with E-state index in [1.807, 2.05) is 52.5 Å². The Labute approximate surface area is 537 Å². The molecule has 3 aliphatic heterocycles. The molecule has 1 spiro atoms. The lowest BCUT2D eigenvalue weighted by atomic mass is 9.66. The first-order chi connectivity index (χ1) is 43.4. The molecule has 1 saturated heterocycles. The Morgan fingerprint density at radius 1 is 0.844 bits per heavy atom. The van der Waals surface area contributed by atoms with Gasteiger partial charge < -0.3 is 48.9 Å². The number of nitrogens with one attached hydrogen (secondary N) is 2. The van der Waals surface area contributed by atoms with Gasteiger partial charge in [-0.1, -0.05) is 53.4 Å². The van der Waals surface area contributed by atoms with Gasteiger partial charge in [0.25, 0.3) is 0 Å². The maximum Gasteiger partial charge on any atom is 0.312 e. The first-order valence-electron chi connectivity index (χ1n) is 30.7. The topological polar surface area (TPSA) is 245 Å². The van der Waals surface area contributed by atoms with Crippen LogP contribution in [-0.4, -0.2) is 142 Å². The van der Waals surface area contributed by atoms with E-state index in [1.54, 1.807) is 67.6 Å².